The topological polar surface area (TPSA) is 77.1 Å². The minimum atomic E-state index is -0.313. The van der Waals surface area contributed by atoms with Crippen LogP contribution in [0.25, 0.3) is 0 Å². The molecule has 7 heteroatoms. The Morgan fingerprint density at radius 3 is 2.22 bits per heavy atom. The van der Waals surface area contributed by atoms with E-state index in [-0.39, 0.29) is 24.9 Å². The van der Waals surface area contributed by atoms with Crippen molar-refractivity contribution in [3.63, 3.8) is 0 Å². The summed E-state index contributed by atoms with van der Waals surface area (Å²) in [5.74, 6) is 1.23. The van der Waals surface area contributed by atoms with Gasteiger partial charge in [0, 0.05) is 30.8 Å². The number of nitrogens with one attached hydrogen (secondary N) is 1. The Morgan fingerprint density at radius 1 is 0.926 bits per heavy atom. The third-order valence-electron chi connectivity index (χ3n) is 4.00. The van der Waals surface area contributed by atoms with Gasteiger partial charge in [0.25, 0.3) is 0 Å². The summed E-state index contributed by atoms with van der Waals surface area (Å²) in [6, 6.07) is 12.5. The molecule has 0 aromatic heterocycles. The number of para-hydroxylation sites is 1. The van der Waals surface area contributed by atoms with Gasteiger partial charge in [0.2, 0.25) is 11.8 Å². The lowest BCUT2D eigenvalue weighted by atomic mass is 10.2. The third kappa shape index (κ3) is 5.37. The molecule has 0 unspecified atom stereocenters. The molecular formula is C20H24N2O5. The molecule has 0 aliphatic heterocycles. The highest BCUT2D eigenvalue weighted by Gasteiger charge is 2.17. The van der Waals surface area contributed by atoms with Gasteiger partial charge in [-0.1, -0.05) is 18.2 Å². The number of ether oxygens (including phenoxy) is 3. The largest absolute Gasteiger partial charge is 0.496 e. The molecule has 1 N–H and O–H groups in total. The number of carbonyl (C=O) groups is 2. The van der Waals surface area contributed by atoms with Crippen molar-refractivity contribution in [1.29, 1.82) is 0 Å². The predicted octanol–water partition coefficient (Wildman–Crippen LogP) is 2.70. The molecule has 0 aliphatic carbocycles. The van der Waals surface area contributed by atoms with Gasteiger partial charge in [-0.2, -0.15) is 0 Å². The minimum absolute atomic E-state index is 0.0816. The fraction of sp³-hybridized carbons (Fsp3) is 0.300. The molecule has 27 heavy (non-hydrogen) atoms. The van der Waals surface area contributed by atoms with Crippen molar-refractivity contribution in [3.8, 4) is 17.2 Å². The van der Waals surface area contributed by atoms with Crippen LogP contribution in [0.2, 0.25) is 0 Å². The van der Waals surface area contributed by atoms with Crippen molar-refractivity contribution in [1.82, 2.24) is 4.90 Å². The van der Waals surface area contributed by atoms with Crippen molar-refractivity contribution >= 4 is 17.5 Å². The minimum Gasteiger partial charge on any atom is -0.496 e. The van der Waals surface area contributed by atoms with E-state index in [1.54, 1.807) is 32.4 Å². The lowest BCUT2D eigenvalue weighted by Crippen LogP contribution is -2.36. The molecule has 0 aliphatic rings. The van der Waals surface area contributed by atoms with E-state index in [0.29, 0.717) is 22.9 Å². The Bertz CT molecular complexity index is 807. The number of carbonyl (C=O) groups excluding carboxylic acids is 2. The summed E-state index contributed by atoms with van der Waals surface area (Å²) < 4.78 is 15.7. The first-order valence-corrected chi connectivity index (χ1v) is 8.37. The number of nitrogens with zero attached hydrogens (tertiary/aromatic N) is 1. The highest BCUT2D eigenvalue weighted by atomic mass is 16.5. The number of anilines is 1. The van der Waals surface area contributed by atoms with E-state index in [4.69, 9.17) is 14.2 Å². The van der Waals surface area contributed by atoms with E-state index in [1.807, 2.05) is 24.3 Å². The average molecular weight is 372 g/mol. The van der Waals surface area contributed by atoms with E-state index < -0.39 is 0 Å². The molecule has 144 valence electrons. The maximum Gasteiger partial charge on any atom is 0.244 e. The molecule has 0 heterocycles. The van der Waals surface area contributed by atoms with Gasteiger partial charge in [-0.25, -0.2) is 0 Å². The zero-order chi connectivity index (χ0) is 19.8. The van der Waals surface area contributed by atoms with Crippen LogP contribution < -0.4 is 19.5 Å². The Hall–Kier alpha value is -3.22. The number of hydrogen-bond donors (Lipinski definition) is 1. The van der Waals surface area contributed by atoms with Crippen molar-refractivity contribution in [2.75, 3.05) is 33.2 Å². The maximum atomic E-state index is 12.4. The molecule has 2 aromatic carbocycles. The lowest BCUT2D eigenvalue weighted by molar-refractivity contribution is -0.133. The first kappa shape index (κ1) is 20.1. The van der Waals surface area contributed by atoms with Crippen LogP contribution in [0.15, 0.2) is 42.5 Å². The second kappa shape index (κ2) is 9.47. The van der Waals surface area contributed by atoms with Gasteiger partial charge in [-0.3, -0.25) is 9.59 Å². The van der Waals surface area contributed by atoms with Gasteiger partial charge in [0.1, 0.15) is 12.3 Å². The summed E-state index contributed by atoms with van der Waals surface area (Å²) in [5, 5.41) is 2.77. The summed E-state index contributed by atoms with van der Waals surface area (Å²) in [6.45, 7) is 1.62. The van der Waals surface area contributed by atoms with Crippen LogP contribution >= 0.6 is 0 Å². The van der Waals surface area contributed by atoms with E-state index in [0.717, 1.165) is 5.56 Å². The molecule has 0 atom stereocenters. The van der Waals surface area contributed by atoms with Crippen LogP contribution in [0.5, 0.6) is 17.2 Å². The molecule has 2 rings (SSSR count). The van der Waals surface area contributed by atoms with Crippen molar-refractivity contribution in [3.05, 3.63) is 48.0 Å². The Labute approximate surface area is 158 Å². The highest BCUT2D eigenvalue weighted by molar-refractivity contribution is 5.94. The maximum absolute atomic E-state index is 12.4. The second-order valence-corrected chi connectivity index (χ2v) is 5.80. The van der Waals surface area contributed by atoms with E-state index in [1.165, 1.54) is 18.9 Å². The van der Waals surface area contributed by atoms with E-state index >= 15 is 0 Å². The molecular weight excluding hydrogens is 348 g/mol. The molecule has 0 bridgehead atoms. The Morgan fingerprint density at radius 2 is 1.59 bits per heavy atom. The summed E-state index contributed by atoms with van der Waals surface area (Å²) in [5.41, 5.74) is 1.38. The molecule has 2 amide bonds. The number of amides is 2. The van der Waals surface area contributed by atoms with Gasteiger partial charge in [0.15, 0.2) is 11.5 Å². The standard InChI is InChI=1S/C20H24N2O5/c1-14(23)22(12-15-7-5-6-8-17(15)25-2)13-20(24)21-16-9-10-18(26-3)19(11-16)27-4/h5-11H,12-13H2,1-4H3,(H,21,24). The van der Waals surface area contributed by atoms with Crippen LogP contribution in [0.3, 0.4) is 0 Å². The molecule has 0 fully saturated rings. The summed E-state index contributed by atoms with van der Waals surface area (Å²) in [7, 11) is 4.63. The third-order valence-corrected chi connectivity index (χ3v) is 4.00. The fourth-order valence-electron chi connectivity index (χ4n) is 2.61. The SMILES string of the molecule is COc1ccccc1CN(CC(=O)Nc1ccc(OC)c(OC)c1)C(C)=O. The smallest absolute Gasteiger partial charge is 0.244 e. The van der Waals surface area contributed by atoms with Crippen LogP contribution in [0.1, 0.15) is 12.5 Å². The Balaban J connectivity index is 2.08. The number of benzene rings is 2. The zero-order valence-corrected chi connectivity index (χ0v) is 15.9. The van der Waals surface area contributed by atoms with Gasteiger partial charge < -0.3 is 24.4 Å². The highest BCUT2D eigenvalue weighted by Crippen LogP contribution is 2.29. The second-order valence-electron chi connectivity index (χ2n) is 5.80. The van der Waals surface area contributed by atoms with E-state index in [2.05, 4.69) is 5.32 Å². The molecule has 0 radical (unpaired) electrons. The monoisotopic (exact) mass is 372 g/mol. The summed E-state index contributed by atoms with van der Waals surface area (Å²) in [6.07, 6.45) is 0. The molecule has 0 saturated heterocycles. The van der Waals surface area contributed by atoms with Crippen LogP contribution in [0, 0.1) is 0 Å². The van der Waals surface area contributed by atoms with Gasteiger partial charge in [0.05, 0.1) is 21.3 Å². The lowest BCUT2D eigenvalue weighted by Gasteiger charge is -2.22. The first-order chi connectivity index (χ1) is 13.0. The quantitative estimate of drug-likeness (QED) is 0.771. The first-order valence-electron chi connectivity index (χ1n) is 8.37. The van der Waals surface area contributed by atoms with Crippen molar-refractivity contribution in [2.24, 2.45) is 0 Å². The zero-order valence-electron chi connectivity index (χ0n) is 15.9. The fourth-order valence-corrected chi connectivity index (χ4v) is 2.61. The summed E-state index contributed by atoms with van der Waals surface area (Å²) >= 11 is 0. The molecule has 2 aromatic rings. The number of rotatable bonds is 8. The molecule has 0 spiro atoms. The normalized spacial score (nSPS) is 10.1. The molecule has 0 saturated carbocycles. The van der Waals surface area contributed by atoms with E-state index in [9.17, 15) is 9.59 Å². The number of methoxy groups -OCH3 is 3. The van der Waals surface area contributed by atoms with Gasteiger partial charge in [-0.05, 0) is 18.2 Å². The van der Waals surface area contributed by atoms with Crippen molar-refractivity contribution < 1.29 is 23.8 Å². The van der Waals surface area contributed by atoms with Crippen molar-refractivity contribution in [2.45, 2.75) is 13.5 Å². The predicted molar refractivity (Wildman–Crippen MR) is 102 cm³/mol. The van der Waals surface area contributed by atoms with Gasteiger partial charge >= 0.3 is 0 Å². The van der Waals surface area contributed by atoms with Crippen LogP contribution in [-0.4, -0.2) is 44.6 Å². The number of hydrogen-bond acceptors (Lipinski definition) is 5. The van der Waals surface area contributed by atoms with Crippen LogP contribution in [0.4, 0.5) is 5.69 Å². The van der Waals surface area contributed by atoms with Gasteiger partial charge in [-0.15, -0.1) is 0 Å². The van der Waals surface area contributed by atoms with Crippen LogP contribution in [-0.2, 0) is 16.1 Å². The Kier molecular flexibility index (Phi) is 7.05. The molecule has 7 nitrogen and oxygen atoms in total. The summed E-state index contributed by atoms with van der Waals surface area (Å²) in [4.78, 5) is 25.9. The average Bonchev–Trinajstić information content (AvgIpc) is 2.67.